The first kappa shape index (κ1) is 25.5. The molecule has 0 aromatic heterocycles. The third-order valence-electron chi connectivity index (χ3n) is 12.9. The van der Waals surface area contributed by atoms with E-state index in [0.717, 1.165) is 25.7 Å². The Morgan fingerprint density at radius 3 is 2.38 bits per heavy atom. The Labute approximate surface area is 208 Å². The van der Waals surface area contributed by atoms with Crippen molar-refractivity contribution in [1.82, 2.24) is 0 Å². The van der Waals surface area contributed by atoms with E-state index in [1.165, 1.54) is 25.7 Å². The van der Waals surface area contributed by atoms with Gasteiger partial charge in [0.05, 0.1) is 30.5 Å². The summed E-state index contributed by atoms with van der Waals surface area (Å²) in [7, 11) is 0. The van der Waals surface area contributed by atoms with Gasteiger partial charge < -0.3 is 20.1 Å². The molecule has 3 N–H and O–H groups in total. The first-order valence-corrected chi connectivity index (χ1v) is 14.7. The van der Waals surface area contributed by atoms with E-state index in [0.29, 0.717) is 54.5 Å². The van der Waals surface area contributed by atoms with Crippen LogP contribution in [0.2, 0.25) is 0 Å². The molecular formula is C30H52O4. The molecule has 5 fully saturated rings. The fraction of sp³-hybridized carbons (Fsp3) is 1.00. The average molecular weight is 477 g/mol. The van der Waals surface area contributed by atoms with Gasteiger partial charge in [-0.3, -0.25) is 0 Å². The first-order chi connectivity index (χ1) is 16.0. The normalized spacial score (nSPS) is 52.6. The van der Waals surface area contributed by atoms with Crippen LogP contribution in [0.1, 0.15) is 99.3 Å². The molecule has 1 spiro atoms. The van der Waals surface area contributed by atoms with Gasteiger partial charge in [0.25, 0.3) is 0 Å². The third kappa shape index (κ3) is 3.37. The van der Waals surface area contributed by atoms with E-state index in [1.54, 1.807) is 0 Å². The molecule has 0 bridgehead atoms. The number of aliphatic hydroxyl groups is 3. The Balaban J connectivity index is 1.42. The minimum Gasteiger partial charge on any atom is -0.393 e. The van der Waals surface area contributed by atoms with Gasteiger partial charge in [-0.1, -0.05) is 48.0 Å². The monoisotopic (exact) mass is 476 g/mol. The molecule has 4 nitrogen and oxygen atoms in total. The molecule has 5 rings (SSSR count). The summed E-state index contributed by atoms with van der Waals surface area (Å²) in [5.74, 6) is 3.90. The molecule has 13 atom stereocenters. The van der Waals surface area contributed by atoms with Crippen LogP contribution in [0.5, 0.6) is 0 Å². The summed E-state index contributed by atoms with van der Waals surface area (Å²) >= 11 is 0. The maximum absolute atomic E-state index is 11.4. The van der Waals surface area contributed by atoms with Crippen LogP contribution in [-0.4, -0.2) is 45.8 Å². The fourth-order valence-electron chi connectivity index (χ4n) is 11.0. The SMILES string of the molecule is CC[C@H](C[C@@H](O)[C@@H](C)[C@H]1CC[C@H]2[C@@H]3[C@H]4[C@@H](O)CO[C@]45C[C@@H](O)CC[C@]5(C)[C@H]3CC[C@]12C)C(C)C. The van der Waals surface area contributed by atoms with E-state index in [2.05, 4.69) is 41.5 Å². The largest absolute Gasteiger partial charge is 0.393 e. The predicted molar refractivity (Wildman–Crippen MR) is 135 cm³/mol. The van der Waals surface area contributed by atoms with Crippen LogP contribution in [0.15, 0.2) is 0 Å². The van der Waals surface area contributed by atoms with E-state index >= 15 is 0 Å². The Morgan fingerprint density at radius 1 is 0.971 bits per heavy atom. The standard InChI is InChI=1S/C30H52O4/c1-7-19(17(2)3)14-24(32)18(4)21-8-9-22-26-23(11-12-28(21,22)5)29(6)13-10-20(31)15-30(29)27(26)25(33)16-34-30/h17-27,31-33H,7-16H2,1-6H3/t18-,19+,20-,21+,22-,23-,24+,25-,26-,27+,28+,29+,30+/m0/s1. The molecule has 4 saturated carbocycles. The van der Waals surface area contributed by atoms with Crippen molar-refractivity contribution in [3.8, 4) is 0 Å². The number of fused-ring (bicyclic) bond motifs is 5. The number of ether oxygens (including phenoxy) is 1. The Kier molecular flexibility index (Phi) is 6.53. The molecule has 0 amide bonds. The summed E-state index contributed by atoms with van der Waals surface area (Å²) in [6.07, 6.45) is 8.60. The molecule has 0 radical (unpaired) electrons. The lowest BCUT2D eigenvalue weighted by Gasteiger charge is -2.53. The van der Waals surface area contributed by atoms with Gasteiger partial charge in [0.15, 0.2) is 0 Å². The molecule has 1 heterocycles. The van der Waals surface area contributed by atoms with Crippen LogP contribution >= 0.6 is 0 Å². The zero-order chi connectivity index (χ0) is 24.6. The fourth-order valence-corrected chi connectivity index (χ4v) is 11.0. The highest BCUT2D eigenvalue weighted by Gasteiger charge is 2.76. The molecule has 0 aromatic carbocycles. The van der Waals surface area contributed by atoms with Crippen LogP contribution in [0.4, 0.5) is 0 Å². The van der Waals surface area contributed by atoms with Gasteiger partial charge in [0.2, 0.25) is 0 Å². The smallest absolute Gasteiger partial charge is 0.0832 e. The molecule has 4 aliphatic carbocycles. The van der Waals surface area contributed by atoms with Gasteiger partial charge in [-0.25, -0.2) is 0 Å². The van der Waals surface area contributed by atoms with Crippen molar-refractivity contribution in [3.63, 3.8) is 0 Å². The van der Waals surface area contributed by atoms with E-state index in [4.69, 9.17) is 4.74 Å². The van der Waals surface area contributed by atoms with Gasteiger partial charge in [0, 0.05) is 17.8 Å². The van der Waals surface area contributed by atoms with Crippen molar-refractivity contribution < 1.29 is 20.1 Å². The zero-order valence-electron chi connectivity index (χ0n) is 22.7. The minimum absolute atomic E-state index is 0.0647. The number of aliphatic hydroxyl groups excluding tert-OH is 3. The lowest BCUT2D eigenvalue weighted by atomic mass is 9.53. The number of hydrogen-bond donors (Lipinski definition) is 3. The summed E-state index contributed by atoms with van der Waals surface area (Å²) in [5, 5.41) is 33.3. The summed E-state index contributed by atoms with van der Waals surface area (Å²) < 4.78 is 6.57. The Hall–Kier alpha value is -0.160. The molecule has 34 heavy (non-hydrogen) atoms. The summed E-state index contributed by atoms with van der Waals surface area (Å²) in [4.78, 5) is 0. The minimum atomic E-state index is -0.402. The highest BCUT2D eigenvalue weighted by molar-refractivity contribution is 5.24. The Morgan fingerprint density at radius 2 is 1.71 bits per heavy atom. The molecular weight excluding hydrogens is 424 g/mol. The zero-order valence-corrected chi connectivity index (χ0v) is 22.7. The van der Waals surface area contributed by atoms with Crippen molar-refractivity contribution in [1.29, 1.82) is 0 Å². The molecule has 1 saturated heterocycles. The summed E-state index contributed by atoms with van der Waals surface area (Å²) in [6.45, 7) is 14.6. The van der Waals surface area contributed by atoms with Gasteiger partial charge in [-0.2, -0.15) is 0 Å². The molecule has 5 aliphatic rings. The third-order valence-corrected chi connectivity index (χ3v) is 12.9. The predicted octanol–water partition coefficient (Wildman–Crippen LogP) is 5.43. The highest BCUT2D eigenvalue weighted by Crippen LogP contribution is 2.75. The first-order valence-electron chi connectivity index (χ1n) is 14.7. The number of hydrogen-bond acceptors (Lipinski definition) is 4. The summed E-state index contributed by atoms with van der Waals surface area (Å²) in [5.41, 5.74) is -0.0538. The van der Waals surface area contributed by atoms with Gasteiger partial charge in [-0.15, -0.1) is 0 Å². The molecule has 1 aliphatic heterocycles. The van der Waals surface area contributed by atoms with Crippen molar-refractivity contribution in [3.05, 3.63) is 0 Å². The maximum Gasteiger partial charge on any atom is 0.0832 e. The van der Waals surface area contributed by atoms with E-state index < -0.39 is 6.10 Å². The van der Waals surface area contributed by atoms with Crippen LogP contribution in [0, 0.1) is 58.2 Å². The van der Waals surface area contributed by atoms with Gasteiger partial charge in [-0.05, 0) is 91.8 Å². The molecule has 4 heteroatoms. The van der Waals surface area contributed by atoms with Crippen LogP contribution < -0.4 is 0 Å². The van der Waals surface area contributed by atoms with E-state index in [9.17, 15) is 15.3 Å². The lowest BCUT2D eigenvalue weighted by molar-refractivity contribution is -0.156. The molecule has 0 unspecified atom stereocenters. The second-order valence-corrected chi connectivity index (χ2v) is 14.2. The quantitative estimate of drug-likeness (QED) is 0.478. The topological polar surface area (TPSA) is 69.9 Å². The van der Waals surface area contributed by atoms with Crippen LogP contribution in [0.25, 0.3) is 0 Å². The second-order valence-electron chi connectivity index (χ2n) is 14.2. The van der Waals surface area contributed by atoms with E-state index in [1.807, 2.05) is 0 Å². The lowest BCUT2D eigenvalue weighted by Crippen LogP contribution is -2.54. The molecule has 196 valence electrons. The van der Waals surface area contributed by atoms with E-state index in [-0.39, 0.29) is 34.6 Å². The van der Waals surface area contributed by atoms with Crippen molar-refractivity contribution in [2.75, 3.05) is 6.61 Å². The van der Waals surface area contributed by atoms with Crippen molar-refractivity contribution >= 4 is 0 Å². The molecule has 0 aromatic rings. The van der Waals surface area contributed by atoms with Crippen molar-refractivity contribution in [2.24, 2.45) is 58.2 Å². The number of rotatable bonds is 6. The average Bonchev–Trinajstić information content (AvgIpc) is 3.37. The van der Waals surface area contributed by atoms with Gasteiger partial charge >= 0.3 is 0 Å². The van der Waals surface area contributed by atoms with Gasteiger partial charge in [0.1, 0.15) is 0 Å². The van der Waals surface area contributed by atoms with Crippen molar-refractivity contribution in [2.45, 2.75) is 123 Å². The van der Waals surface area contributed by atoms with Crippen LogP contribution in [-0.2, 0) is 4.74 Å². The second kappa shape index (κ2) is 8.71. The maximum atomic E-state index is 11.4. The van der Waals surface area contributed by atoms with Crippen LogP contribution in [0.3, 0.4) is 0 Å². The summed E-state index contributed by atoms with van der Waals surface area (Å²) in [6, 6.07) is 0. The Bertz CT molecular complexity index is 754. The highest BCUT2D eigenvalue weighted by atomic mass is 16.5.